The van der Waals surface area contributed by atoms with Gasteiger partial charge in [-0.25, -0.2) is 0 Å². The molecule has 0 radical (unpaired) electrons. The van der Waals surface area contributed by atoms with Crippen molar-refractivity contribution in [2.75, 3.05) is 24.7 Å². The molecule has 27 heavy (non-hydrogen) atoms. The van der Waals surface area contributed by atoms with Crippen LogP contribution in [0.2, 0.25) is 0 Å². The van der Waals surface area contributed by atoms with Crippen molar-refractivity contribution >= 4 is 41.1 Å². The first-order valence-corrected chi connectivity index (χ1v) is 9.82. The van der Waals surface area contributed by atoms with Crippen LogP contribution >= 0.6 is 11.8 Å². The van der Waals surface area contributed by atoms with E-state index in [0.717, 1.165) is 9.80 Å². The van der Waals surface area contributed by atoms with Crippen LogP contribution in [-0.4, -0.2) is 48.0 Å². The minimum absolute atomic E-state index is 0.343. The molecule has 0 aromatic heterocycles. The molecule has 7 nitrogen and oxygen atoms in total. The Morgan fingerprint density at radius 1 is 1.15 bits per heavy atom. The predicted octanol–water partition coefficient (Wildman–Crippen LogP) is 1.84. The van der Waals surface area contributed by atoms with Gasteiger partial charge in [-0.2, -0.15) is 0 Å². The van der Waals surface area contributed by atoms with Crippen LogP contribution in [0.4, 0.5) is 5.69 Å². The molecule has 0 unspecified atom stereocenters. The van der Waals surface area contributed by atoms with E-state index in [2.05, 4.69) is 5.32 Å². The van der Waals surface area contributed by atoms with E-state index in [0.29, 0.717) is 18.5 Å². The van der Waals surface area contributed by atoms with E-state index in [1.165, 1.54) is 11.8 Å². The van der Waals surface area contributed by atoms with Gasteiger partial charge in [0.2, 0.25) is 11.8 Å². The zero-order valence-corrected chi connectivity index (χ0v) is 15.7. The third kappa shape index (κ3) is 4.21. The van der Waals surface area contributed by atoms with Gasteiger partial charge in [-0.3, -0.25) is 24.1 Å². The highest BCUT2D eigenvalue weighted by atomic mass is 32.2. The zero-order valence-electron chi connectivity index (χ0n) is 14.8. The molecule has 1 aromatic rings. The van der Waals surface area contributed by atoms with Crippen molar-refractivity contribution in [2.24, 2.45) is 11.8 Å². The summed E-state index contributed by atoms with van der Waals surface area (Å²) in [5.41, 5.74) is 0.632. The Balaban J connectivity index is 1.50. The maximum absolute atomic E-state index is 12.3. The second-order valence-electron chi connectivity index (χ2n) is 6.33. The van der Waals surface area contributed by atoms with Crippen LogP contribution in [0.5, 0.6) is 0 Å². The molecule has 142 valence electrons. The summed E-state index contributed by atoms with van der Waals surface area (Å²) >= 11 is 1.48. The lowest BCUT2D eigenvalue weighted by Gasteiger charge is -2.14. The molecule has 0 spiro atoms. The number of para-hydroxylation sites is 1. The highest BCUT2D eigenvalue weighted by Gasteiger charge is 2.47. The maximum atomic E-state index is 12.3. The fourth-order valence-electron chi connectivity index (χ4n) is 3.28. The Bertz CT molecular complexity index is 781. The van der Waals surface area contributed by atoms with Crippen LogP contribution in [0.15, 0.2) is 41.3 Å². The van der Waals surface area contributed by atoms with Crippen molar-refractivity contribution in [1.29, 1.82) is 0 Å². The number of hydrogen-bond acceptors (Lipinski definition) is 6. The smallest absolute Gasteiger partial charge is 0.326 e. The van der Waals surface area contributed by atoms with Crippen LogP contribution < -0.4 is 5.32 Å². The van der Waals surface area contributed by atoms with Gasteiger partial charge in [0.05, 0.1) is 17.5 Å². The number of benzene rings is 1. The van der Waals surface area contributed by atoms with Crippen LogP contribution in [0.1, 0.15) is 12.8 Å². The van der Waals surface area contributed by atoms with Crippen molar-refractivity contribution in [3.05, 3.63) is 36.4 Å². The number of nitrogens with zero attached hydrogens (tertiary/aromatic N) is 1. The van der Waals surface area contributed by atoms with E-state index in [9.17, 15) is 19.2 Å². The van der Waals surface area contributed by atoms with Crippen LogP contribution in [0.3, 0.4) is 0 Å². The van der Waals surface area contributed by atoms with E-state index < -0.39 is 25.0 Å². The van der Waals surface area contributed by atoms with Crippen molar-refractivity contribution in [3.63, 3.8) is 0 Å². The zero-order chi connectivity index (χ0) is 19.4. The van der Waals surface area contributed by atoms with Crippen LogP contribution in [0.25, 0.3) is 0 Å². The standard InChI is InChI=1S/C19H20N2O5S/c1-27-15-9-5-4-8-14(15)20-16(22)11-26-17(23)10-21-18(24)12-6-2-3-7-13(12)19(21)25/h2-5,8-9,12-13H,6-7,10-11H2,1H3,(H,20,22)/t12-,13+. The number of likely N-dealkylation sites (tertiary alicyclic amines) is 1. The number of ether oxygens (including phenoxy) is 1. The monoisotopic (exact) mass is 388 g/mol. The molecule has 3 amide bonds. The molecule has 1 fully saturated rings. The summed E-state index contributed by atoms with van der Waals surface area (Å²) in [4.78, 5) is 50.5. The van der Waals surface area contributed by atoms with Crippen molar-refractivity contribution in [1.82, 2.24) is 4.90 Å². The summed E-state index contributed by atoms with van der Waals surface area (Å²) < 4.78 is 4.94. The van der Waals surface area contributed by atoms with Gasteiger partial charge < -0.3 is 10.1 Å². The Hall–Kier alpha value is -2.61. The summed E-state index contributed by atoms with van der Waals surface area (Å²) in [7, 11) is 0. The number of fused-ring (bicyclic) bond motifs is 1. The van der Waals surface area contributed by atoms with E-state index in [1.54, 1.807) is 12.1 Å². The van der Waals surface area contributed by atoms with Crippen LogP contribution in [0, 0.1) is 11.8 Å². The fourth-order valence-corrected chi connectivity index (χ4v) is 3.83. The van der Waals surface area contributed by atoms with Gasteiger partial charge in [-0.15, -0.1) is 11.8 Å². The number of amides is 3. The predicted molar refractivity (Wildman–Crippen MR) is 99.9 cm³/mol. The third-order valence-corrected chi connectivity index (χ3v) is 5.43. The molecule has 1 saturated heterocycles. The van der Waals surface area contributed by atoms with Gasteiger partial charge in [0.1, 0.15) is 6.54 Å². The lowest BCUT2D eigenvalue weighted by atomic mass is 9.85. The number of esters is 1. The molecule has 2 atom stereocenters. The summed E-state index contributed by atoms with van der Waals surface area (Å²) in [6.45, 7) is -0.939. The SMILES string of the molecule is CSc1ccccc1NC(=O)COC(=O)CN1C(=O)[C@H]2CC=CC[C@H]2C1=O. The van der Waals surface area contributed by atoms with Crippen molar-refractivity contribution in [2.45, 2.75) is 17.7 Å². The normalized spacial score (nSPS) is 21.1. The topological polar surface area (TPSA) is 92.8 Å². The van der Waals surface area contributed by atoms with E-state index >= 15 is 0 Å². The largest absolute Gasteiger partial charge is 0.454 e. The lowest BCUT2D eigenvalue weighted by Crippen LogP contribution is -2.37. The van der Waals surface area contributed by atoms with Gasteiger partial charge in [0.15, 0.2) is 6.61 Å². The van der Waals surface area contributed by atoms with E-state index in [4.69, 9.17) is 4.74 Å². The Morgan fingerprint density at radius 3 is 2.41 bits per heavy atom. The molecule has 1 heterocycles. The second kappa shape index (κ2) is 8.39. The summed E-state index contributed by atoms with van der Waals surface area (Å²) in [5.74, 6) is -2.73. The minimum Gasteiger partial charge on any atom is -0.454 e. The number of hydrogen-bond donors (Lipinski definition) is 1. The second-order valence-corrected chi connectivity index (χ2v) is 7.18. The van der Waals surface area contributed by atoms with Crippen molar-refractivity contribution < 1.29 is 23.9 Å². The average Bonchev–Trinajstić information content (AvgIpc) is 2.92. The van der Waals surface area contributed by atoms with Crippen molar-refractivity contribution in [3.8, 4) is 0 Å². The summed E-state index contributed by atoms with van der Waals surface area (Å²) in [6.07, 6.45) is 6.67. The van der Waals surface area contributed by atoms with E-state index in [-0.39, 0.29) is 23.7 Å². The maximum Gasteiger partial charge on any atom is 0.326 e. The molecule has 3 rings (SSSR count). The first kappa shape index (κ1) is 19.2. The van der Waals surface area contributed by atoms with Gasteiger partial charge in [0.25, 0.3) is 5.91 Å². The molecule has 1 aliphatic heterocycles. The Kier molecular flexibility index (Phi) is 5.95. The number of nitrogens with one attached hydrogen (secondary N) is 1. The number of thioether (sulfide) groups is 1. The van der Waals surface area contributed by atoms with Gasteiger partial charge in [-0.05, 0) is 31.2 Å². The molecule has 2 aliphatic rings. The molecule has 1 aliphatic carbocycles. The first-order valence-electron chi connectivity index (χ1n) is 8.60. The number of carbonyl (C=O) groups excluding carboxylic acids is 4. The molecular formula is C19H20N2O5S. The number of rotatable bonds is 6. The molecule has 8 heteroatoms. The molecule has 0 saturated carbocycles. The molecular weight excluding hydrogens is 368 g/mol. The molecule has 1 N–H and O–H groups in total. The average molecular weight is 388 g/mol. The third-order valence-electron chi connectivity index (χ3n) is 4.63. The number of anilines is 1. The Labute approximate surface area is 161 Å². The highest BCUT2D eigenvalue weighted by molar-refractivity contribution is 7.98. The van der Waals surface area contributed by atoms with E-state index in [1.807, 2.05) is 30.5 Å². The highest BCUT2D eigenvalue weighted by Crippen LogP contribution is 2.34. The quantitative estimate of drug-likeness (QED) is 0.346. The number of carbonyl (C=O) groups is 4. The van der Waals surface area contributed by atoms with Gasteiger partial charge in [0, 0.05) is 4.90 Å². The summed E-state index contributed by atoms with van der Waals surface area (Å²) in [6, 6.07) is 7.27. The van der Waals surface area contributed by atoms with Gasteiger partial charge in [-0.1, -0.05) is 24.3 Å². The van der Waals surface area contributed by atoms with Crippen LogP contribution in [-0.2, 0) is 23.9 Å². The fraction of sp³-hybridized carbons (Fsp3) is 0.368. The molecule has 0 bridgehead atoms. The minimum atomic E-state index is -0.781. The first-order chi connectivity index (χ1) is 13.0. The van der Waals surface area contributed by atoms with Gasteiger partial charge >= 0.3 is 5.97 Å². The summed E-state index contributed by atoms with van der Waals surface area (Å²) in [5, 5.41) is 2.68. The number of allylic oxidation sites excluding steroid dienone is 2. The molecule has 1 aromatic carbocycles. The Morgan fingerprint density at radius 2 is 1.78 bits per heavy atom. The lowest BCUT2D eigenvalue weighted by molar-refractivity contribution is -0.154. The number of imide groups is 1.